The van der Waals surface area contributed by atoms with Gasteiger partial charge in [0.15, 0.2) is 0 Å². The maximum atomic E-state index is 11.5. The summed E-state index contributed by atoms with van der Waals surface area (Å²) in [5.74, 6) is -1.39. The molecule has 2 fully saturated rings. The molecule has 2 aliphatic heterocycles. The standard InChI is InChI=1S/C47H56O16/c48-24-36-40(54)42(56)44(58)46(62-36)60-34-16-14-26(20-32(34)30-12-6-10-28(18-30)22-38(50)51)8-4-2-1-3-5-9-27-15-17-35(61-47-45(59)43(57)41(55)37(25-49)63-47)33(21-27)31-13-7-11-29(19-31)23-39(52)53/h6-7,10-21,36-37,40-49,54-59H,1-5,8-9,22-25H2,(H,50,51)(H,52,53). The summed E-state index contributed by atoms with van der Waals surface area (Å²) in [7, 11) is 0. The molecule has 0 aromatic heterocycles. The second kappa shape index (κ2) is 22.1. The highest BCUT2D eigenvalue weighted by molar-refractivity contribution is 5.76. The predicted molar refractivity (Wildman–Crippen MR) is 226 cm³/mol. The van der Waals surface area contributed by atoms with Crippen LogP contribution in [0.5, 0.6) is 11.5 Å². The number of rotatable bonds is 20. The van der Waals surface area contributed by atoms with E-state index in [1.54, 1.807) is 48.5 Å². The molecule has 6 rings (SSSR count). The Kier molecular flexibility index (Phi) is 16.6. The minimum absolute atomic E-state index is 0.189. The molecule has 16 heteroatoms. The third-order valence-corrected chi connectivity index (χ3v) is 11.4. The van der Waals surface area contributed by atoms with E-state index in [4.69, 9.17) is 18.9 Å². The van der Waals surface area contributed by atoms with Crippen molar-refractivity contribution in [2.75, 3.05) is 13.2 Å². The zero-order chi connectivity index (χ0) is 45.2. The van der Waals surface area contributed by atoms with Crippen LogP contribution in [0.4, 0.5) is 0 Å². The molecule has 0 aliphatic carbocycles. The minimum Gasteiger partial charge on any atom is -0.481 e. The summed E-state index contributed by atoms with van der Waals surface area (Å²) in [5, 5.41) is 101. The summed E-state index contributed by atoms with van der Waals surface area (Å²) in [4.78, 5) is 22.9. The molecule has 340 valence electrons. The molecule has 0 radical (unpaired) electrons. The fraction of sp³-hybridized carbons (Fsp3) is 0.447. The fourth-order valence-electron chi connectivity index (χ4n) is 7.94. The van der Waals surface area contributed by atoms with Gasteiger partial charge in [-0.2, -0.15) is 0 Å². The van der Waals surface area contributed by atoms with E-state index in [9.17, 15) is 60.7 Å². The average Bonchev–Trinajstić information content (AvgIpc) is 3.26. The van der Waals surface area contributed by atoms with E-state index in [-0.39, 0.29) is 12.8 Å². The Morgan fingerprint density at radius 1 is 0.476 bits per heavy atom. The van der Waals surface area contributed by atoms with Crippen LogP contribution in [-0.4, -0.2) is 138 Å². The molecule has 16 nitrogen and oxygen atoms in total. The van der Waals surface area contributed by atoms with Gasteiger partial charge in [0.25, 0.3) is 0 Å². The molecule has 2 saturated heterocycles. The van der Waals surface area contributed by atoms with E-state index in [1.807, 2.05) is 36.4 Å². The Morgan fingerprint density at radius 2 is 0.873 bits per heavy atom. The van der Waals surface area contributed by atoms with Crippen molar-refractivity contribution >= 4 is 11.9 Å². The molecule has 2 aliphatic rings. The zero-order valence-electron chi connectivity index (χ0n) is 34.6. The Labute approximate surface area is 364 Å². The smallest absolute Gasteiger partial charge is 0.307 e. The number of aliphatic hydroxyl groups is 8. The van der Waals surface area contributed by atoms with Crippen molar-refractivity contribution in [1.82, 2.24) is 0 Å². The molecular weight excluding hydrogens is 821 g/mol. The Morgan fingerprint density at radius 3 is 1.25 bits per heavy atom. The lowest BCUT2D eigenvalue weighted by atomic mass is 9.96. The Hall–Kier alpha value is -4.98. The van der Waals surface area contributed by atoms with Crippen LogP contribution in [0.1, 0.15) is 54.4 Å². The number of unbranched alkanes of at least 4 members (excludes halogenated alkanes) is 4. The second-order valence-electron chi connectivity index (χ2n) is 16.1. The quantitative estimate of drug-likeness (QED) is 0.0571. The number of aliphatic hydroxyl groups excluding tert-OH is 8. The first-order chi connectivity index (χ1) is 30.3. The van der Waals surface area contributed by atoms with Crippen LogP contribution >= 0.6 is 0 Å². The maximum absolute atomic E-state index is 11.5. The lowest BCUT2D eigenvalue weighted by molar-refractivity contribution is -0.277. The van der Waals surface area contributed by atoms with Gasteiger partial charge in [-0.15, -0.1) is 0 Å². The van der Waals surface area contributed by atoms with Crippen molar-refractivity contribution < 1.29 is 79.6 Å². The maximum Gasteiger partial charge on any atom is 0.307 e. The van der Waals surface area contributed by atoms with Crippen LogP contribution in [0.25, 0.3) is 22.3 Å². The number of aryl methyl sites for hydroxylation is 2. The summed E-state index contributed by atoms with van der Waals surface area (Å²) in [6, 6.07) is 25.1. The third-order valence-electron chi connectivity index (χ3n) is 11.4. The topological polar surface area (TPSA) is 273 Å². The van der Waals surface area contributed by atoms with E-state index in [0.29, 0.717) is 44.9 Å². The molecule has 0 spiro atoms. The summed E-state index contributed by atoms with van der Waals surface area (Å²) in [5.41, 5.74) is 5.66. The molecule has 0 saturated carbocycles. The normalized spacial score (nSPS) is 26.0. The Balaban J connectivity index is 1.09. The van der Waals surface area contributed by atoms with Crippen molar-refractivity contribution in [3.63, 3.8) is 0 Å². The summed E-state index contributed by atoms with van der Waals surface area (Å²) >= 11 is 0. The van der Waals surface area contributed by atoms with Gasteiger partial charge in [-0.25, -0.2) is 0 Å². The highest BCUT2D eigenvalue weighted by atomic mass is 16.7. The summed E-state index contributed by atoms with van der Waals surface area (Å²) < 4.78 is 23.3. The van der Waals surface area contributed by atoms with Crippen molar-refractivity contribution in [1.29, 1.82) is 0 Å². The molecule has 10 atom stereocenters. The van der Waals surface area contributed by atoms with E-state index in [2.05, 4.69) is 0 Å². The van der Waals surface area contributed by atoms with Crippen molar-refractivity contribution in [3.05, 3.63) is 107 Å². The van der Waals surface area contributed by atoms with E-state index in [0.717, 1.165) is 56.1 Å². The largest absolute Gasteiger partial charge is 0.481 e. The molecule has 4 aromatic carbocycles. The first-order valence-corrected chi connectivity index (χ1v) is 21.1. The average molecular weight is 877 g/mol. The van der Waals surface area contributed by atoms with Gasteiger partial charge in [0.05, 0.1) is 26.1 Å². The van der Waals surface area contributed by atoms with E-state index >= 15 is 0 Å². The lowest BCUT2D eigenvalue weighted by Gasteiger charge is -2.39. The molecule has 4 aromatic rings. The van der Waals surface area contributed by atoms with Crippen LogP contribution in [-0.2, 0) is 44.7 Å². The van der Waals surface area contributed by atoms with Gasteiger partial charge in [-0.1, -0.05) is 79.9 Å². The molecular formula is C47H56O16. The van der Waals surface area contributed by atoms with E-state index < -0.39 is 86.6 Å². The van der Waals surface area contributed by atoms with Crippen LogP contribution in [0.15, 0.2) is 84.9 Å². The van der Waals surface area contributed by atoms with Gasteiger partial charge in [0.1, 0.15) is 60.3 Å². The second-order valence-corrected chi connectivity index (χ2v) is 16.1. The number of carbonyl (C=O) groups is 2. The molecule has 0 bridgehead atoms. The summed E-state index contributed by atoms with van der Waals surface area (Å²) in [6.07, 6.45) is -9.07. The van der Waals surface area contributed by atoms with Gasteiger partial charge in [-0.05, 0) is 83.3 Å². The van der Waals surface area contributed by atoms with Gasteiger partial charge >= 0.3 is 11.9 Å². The van der Waals surface area contributed by atoms with Crippen LogP contribution < -0.4 is 9.47 Å². The highest BCUT2D eigenvalue weighted by Crippen LogP contribution is 2.37. The number of ether oxygens (including phenoxy) is 4. The highest BCUT2D eigenvalue weighted by Gasteiger charge is 2.46. The number of benzene rings is 4. The molecule has 63 heavy (non-hydrogen) atoms. The number of carboxylic acids is 2. The first-order valence-electron chi connectivity index (χ1n) is 21.1. The lowest BCUT2D eigenvalue weighted by Crippen LogP contribution is -2.60. The number of aliphatic carboxylic acids is 2. The predicted octanol–water partition coefficient (Wildman–Crippen LogP) is 2.37. The number of carboxylic acid groups (broad SMARTS) is 2. The van der Waals surface area contributed by atoms with E-state index in [1.165, 1.54) is 0 Å². The SMILES string of the molecule is O=C(O)Cc1cccc(-c2cc(CCCCCCCc3ccc(OC4OC(CO)C(O)C(O)C4O)c(-c4cccc(CC(=O)O)c4)c3)ccc2OC2OC(CO)C(O)C(O)C2O)c1. The number of hydrogen-bond donors (Lipinski definition) is 10. The minimum atomic E-state index is -1.62. The van der Waals surface area contributed by atoms with Crippen LogP contribution in [0, 0.1) is 0 Å². The van der Waals surface area contributed by atoms with Crippen LogP contribution in [0.2, 0.25) is 0 Å². The van der Waals surface area contributed by atoms with Gasteiger partial charge < -0.3 is 70.0 Å². The van der Waals surface area contributed by atoms with Gasteiger partial charge in [0.2, 0.25) is 12.6 Å². The summed E-state index contributed by atoms with van der Waals surface area (Å²) in [6.45, 7) is -1.22. The molecule has 10 unspecified atom stereocenters. The van der Waals surface area contributed by atoms with Crippen LogP contribution in [0.3, 0.4) is 0 Å². The molecule has 0 amide bonds. The number of hydrogen-bond acceptors (Lipinski definition) is 14. The third kappa shape index (κ3) is 12.2. The zero-order valence-corrected chi connectivity index (χ0v) is 34.6. The molecule has 2 heterocycles. The monoisotopic (exact) mass is 876 g/mol. The van der Waals surface area contributed by atoms with Crippen molar-refractivity contribution in [2.45, 2.75) is 119 Å². The molecule has 10 N–H and O–H groups in total. The first kappa shape index (κ1) is 47.5. The van der Waals surface area contributed by atoms with Crippen molar-refractivity contribution in [2.24, 2.45) is 0 Å². The van der Waals surface area contributed by atoms with Gasteiger partial charge in [-0.3, -0.25) is 9.59 Å². The Bertz CT molecular complexity index is 1990. The van der Waals surface area contributed by atoms with Gasteiger partial charge in [0, 0.05) is 11.1 Å². The van der Waals surface area contributed by atoms with Crippen molar-refractivity contribution in [3.8, 4) is 33.8 Å². The fourth-order valence-corrected chi connectivity index (χ4v) is 7.94.